The van der Waals surface area contributed by atoms with Crippen molar-refractivity contribution in [1.29, 1.82) is 0 Å². The summed E-state index contributed by atoms with van der Waals surface area (Å²) in [6.45, 7) is 4.22. The third kappa shape index (κ3) is 2.63. The minimum absolute atomic E-state index is 0.180. The fraction of sp³-hybridized carbons (Fsp3) is 0.471. The monoisotopic (exact) mass is 270 g/mol. The molecular formula is C17H22N2O. The summed E-state index contributed by atoms with van der Waals surface area (Å²) >= 11 is 0. The molecule has 20 heavy (non-hydrogen) atoms. The molecule has 0 amide bonds. The van der Waals surface area contributed by atoms with Crippen LogP contribution in [0.25, 0.3) is 10.9 Å². The Morgan fingerprint density at radius 1 is 1.20 bits per heavy atom. The van der Waals surface area contributed by atoms with Crippen LogP contribution in [0.3, 0.4) is 0 Å². The SMILES string of the molecule is Cc1c(CCC2CCNCC2)[nH]c2ccccc2c1=O. The molecule has 3 heteroatoms. The standard InChI is InChI=1S/C17H22N2O/c1-12-15(7-6-13-8-10-18-11-9-13)19-16-5-3-2-4-14(16)17(12)20/h2-5,13,18H,6-11H2,1H3,(H,19,20). The summed E-state index contributed by atoms with van der Waals surface area (Å²) in [4.78, 5) is 15.8. The van der Waals surface area contributed by atoms with Gasteiger partial charge in [0.15, 0.2) is 5.43 Å². The largest absolute Gasteiger partial charge is 0.358 e. The Balaban J connectivity index is 1.84. The van der Waals surface area contributed by atoms with Crippen molar-refractivity contribution in [1.82, 2.24) is 10.3 Å². The van der Waals surface area contributed by atoms with E-state index in [4.69, 9.17) is 0 Å². The first-order valence-electron chi connectivity index (χ1n) is 7.57. The van der Waals surface area contributed by atoms with Crippen molar-refractivity contribution >= 4 is 10.9 Å². The second kappa shape index (κ2) is 5.80. The topological polar surface area (TPSA) is 44.9 Å². The van der Waals surface area contributed by atoms with E-state index < -0.39 is 0 Å². The van der Waals surface area contributed by atoms with Gasteiger partial charge in [0, 0.05) is 22.2 Å². The zero-order valence-corrected chi connectivity index (χ0v) is 12.0. The number of hydrogen-bond donors (Lipinski definition) is 2. The van der Waals surface area contributed by atoms with Gasteiger partial charge in [0.25, 0.3) is 0 Å². The maximum absolute atomic E-state index is 12.4. The number of rotatable bonds is 3. The van der Waals surface area contributed by atoms with Crippen LogP contribution in [-0.2, 0) is 6.42 Å². The summed E-state index contributed by atoms with van der Waals surface area (Å²) in [7, 11) is 0. The minimum Gasteiger partial charge on any atom is -0.358 e. The lowest BCUT2D eigenvalue weighted by Crippen LogP contribution is -2.28. The van der Waals surface area contributed by atoms with Crippen LogP contribution in [0.2, 0.25) is 0 Å². The smallest absolute Gasteiger partial charge is 0.192 e. The van der Waals surface area contributed by atoms with Crippen molar-refractivity contribution in [2.24, 2.45) is 5.92 Å². The molecule has 1 saturated heterocycles. The third-order valence-electron chi connectivity index (χ3n) is 4.51. The second-order valence-corrected chi connectivity index (χ2v) is 5.84. The first kappa shape index (κ1) is 13.4. The Morgan fingerprint density at radius 2 is 1.95 bits per heavy atom. The van der Waals surface area contributed by atoms with Crippen molar-refractivity contribution in [2.75, 3.05) is 13.1 Å². The fourth-order valence-corrected chi connectivity index (χ4v) is 3.15. The van der Waals surface area contributed by atoms with Gasteiger partial charge in [0.2, 0.25) is 0 Å². The molecule has 2 aromatic rings. The van der Waals surface area contributed by atoms with E-state index in [-0.39, 0.29) is 5.43 Å². The molecule has 1 aliphatic heterocycles. The average molecular weight is 270 g/mol. The van der Waals surface area contributed by atoms with Crippen LogP contribution in [0, 0.1) is 12.8 Å². The van der Waals surface area contributed by atoms with Crippen molar-refractivity contribution in [2.45, 2.75) is 32.6 Å². The number of pyridine rings is 1. The van der Waals surface area contributed by atoms with Crippen LogP contribution in [0.1, 0.15) is 30.5 Å². The van der Waals surface area contributed by atoms with Crippen LogP contribution < -0.4 is 10.7 Å². The lowest BCUT2D eigenvalue weighted by atomic mass is 9.91. The van der Waals surface area contributed by atoms with E-state index in [0.29, 0.717) is 0 Å². The van der Waals surface area contributed by atoms with E-state index in [9.17, 15) is 4.79 Å². The van der Waals surface area contributed by atoms with Crippen LogP contribution in [-0.4, -0.2) is 18.1 Å². The highest BCUT2D eigenvalue weighted by molar-refractivity contribution is 5.79. The van der Waals surface area contributed by atoms with Crippen molar-refractivity contribution in [3.8, 4) is 0 Å². The molecule has 106 valence electrons. The van der Waals surface area contributed by atoms with Crippen molar-refractivity contribution < 1.29 is 0 Å². The molecule has 1 aromatic carbocycles. The quantitative estimate of drug-likeness (QED) is 0.900. The van der Waals surface area contributed by atoms with Crippen LogP contribution in [0.4, 0.5) is 0 Å². The number of piperidine rings is 1. The fourth-order valence-electron chi connectivity index (χ4n) is 3.15. The van der Waals surface area contributed by atoms with Gasteiger partial charge in [-0.2, -0.15) is 0 Å². The average Bonchev–Trinajstić information content (AvgIpc) is 2.50. The Labute approximate surface area is 119 Å². The lowest BCUT2D eigenvalue weighted by Gasteiger charge is -2.22. The predicted molar refractivity (Wildman–Crippen MR) is 83.2 cm³/mol. The first-order valence-corrected chi connectivity index (χ1v) is 7.57. The first-order chi connectivity index (χ1) is 9.75. The Kier molecular flexibility index (Phi) is 3.88. The number of aryl methyl sites for hydroxylation is 1. The normalized spacial score (nSPS) is 16.6. The molecule has 0 bridgehead atoms. The summed E-state index contributed by atoms with van der Waals surface area (Å²) in [6.07, 6.45) is 4.68. The van der Waals surface area contributed by atoms with E-state index in [1.54, 1.807) is 0 Å². The summed E-state index contributed by atoms with van der Waals surface area (Å²) in [5.74, 6) is 0.797. The Hall–Kier alpha value is -1.61. The van der Waals surface area contributed by atoms with Gasteiger partial charge in [-0.3, -0.25) is 4.79 Å². The minimum atomic E-state index is 0.180. The molecule has 0 radical (unpaired) electrons. The van der Waals surface area contributed by atoms with Crippen LogP contribution >= 0.6 is 0 Å². The lowest BCUT2D eigenvalue weighted by molar-refractivity contribution is 0.353. The maximum atomic E-state index is 12.4. The predicted octanol–water partition coefficient (Wildman–Crippen LogP) is 2.77. The number of benzene rings is 1. The molecule has 2 heterocycles. The van der Waals surface area contributed by atoms with E-state index >= 15 is 0 Å². The summed E-state index contributed by atoms with van der Waals surface area (Å²) < 4.78 is 0. The maximum Gasteiger partial charge on any atom is 0.192 e. The number of para-hydroxylation sites is 1. The summed E-state index contributed by atoms with van der Waals surface area (Å²) in [5, 5.41) is 4.20. The third-order valence-corrected chi connectivity index (χ3v) is 4.51. The molecule has 1 aliphatic rings. The zero-order chi connectivity index (χ0) is 13.9. The number of aromatic amines is 1. The molecule has 3 nitrogen and oxygen atoms in total. The van der Waals surface area contributed by atoms with Crippen LogP contribution in [0.5, 0.6) is 0 Å². The van der Waals surface area contributed by atoms with E-state index in [1.165, 1.54) is 19.3 Å². The van der Waals surface area contributed by atoms with Crippen molar-refractivity contribution in [3.05, 3.63) is 45.7 Å². The molecule has 0 spiro atoms. The Morgan fingerprint density at radius 3 is 2.75 bits per heavy atom. The summed E-state index contributed by atoms with van der Waals surface area (Å²) in [5.41, 5.74) is 3.15. The van der Waals surface area contributed by atoms with Crippen LogP contribution in [0.15, 0.2) is 29.1 Å². The van der Waals surface area contributed by atoms with E-state index in [0.717, 1.165) is 47.6 Å². The van der Waals surface area contributed by atoms with Gasteiger partial charge in [-0.15, -0.1) is 0 Å². The molecule has 0 unspecified atom stereocenters. The molecular weight excluding hydrogens is 248 g/mol. The van der Waals surface area contributed by atoms with Gasteiger partial charge in [-0.25, -0.2) is 0 Å². The van der Waals surface area contributed by atoms with Gasteiger partial charge < -0.3 is 10.3 Å². The molecule has 1 aromatic heterocycles. The summed E-state index contributed by atoms with van der Waals surface area (Å²) in [6, 6.07) is 7.79. The number of hydrogen-bond acceptors (Lipinski definition) is 2. The van der Waals surface area contributed by atoms with Crippen molar-refractivity contribution in [3.63, 3.8) is 0 Å². The number of fused-ring (bicyclic) bond motifs is 1. The highest BCUT2D eigenvalue weighted by atomic mass is 16.1. The van der Waals surface area contributed by atoms with E-state index in [1.807, 2.05) is 31.2 Å². The second-order valence-electron chi connectivity index (χ2n) is 5.84. The van der Waals surface area contributed by atoms with Gasteiger partial charge in [0.1, 0.15) is 0 Å². The Bertz CT molecular complexity index is 654. The number of aromatic nitrogens is 1. The number of H-pyrrole nitrogens is 1. The zero-order valence-electron chi connectivity index (χ0n) is 12.0. The molecule has 0 aliphatic carbocycles. The van der Waals surface area contributed by atoms with E-state index in [2.05, 4.69) is 10.3 Å². The van der Waals surface area contributed by atoms with Gasteiger partial charge >= 0.3 is 0 Å². The molecule has 0 atom stereocenters. The molecule has 0 saturated carbocycles. The van der Waals surface area contributed by atoms with Gasteiger partial charge in [-0.1, -0.05) is 12.1 Å². The highest BCUT2D eigenvalue weighted by Crippen LogP contribution is 2.20. The van der Waals surface area contributed by atoms with Gasteiger partial charge in [0.05, 0.1) is 0 Å². The van der Waals surface area contributed by atoms with Gasteiger partial charge in [-0.05, 0) is 63.7 Å². The molecule has 3 rings (SSSR count). The molecule has 1 fully saturated rings. The number of nitrogens with one attached hydrogen (secondary N) is 2. The highest BCUT2D eigenvalue weighted by Gasteiger charge is 2.14. The molecule has 2 N–H and O–H groups in total.